The maximum absolute atomic E-state index is 12.7. The van der Waals surface area contributed by atoms with Crippen LogP contribution in [-0.4, -0.2) is 15.8 Å². The highest BCUT2D eigenvalue weighted by Crippen LogP contribution is 2.31. The van der Waals surface area contributed by atoms with Gasteiger partial charge in [0.05, 0.1) is 11.3 Å². The normalized spacial score (nSPS) is 15.8. The Kier molecular flexibility index (Phi) is 5.06. The first-order valence-electron chi connectivity index (χ1n) is 9.74. The molecule has 0 radical (unpaired) electrons. The summed E-state index contributed by atoms with van der Waals surface area (Å²) in [5, 5.41) is 6.60. The molecule has 1 aliphatic rings. The molecule has 3 aromatic rings. The van der Waals surface area contributed by atoms with Gasteiger partial charge in [-0.3, -0.25) is 4.79 Å². The number of nitrogens with zero attached hydrogens (tertiary/aromatic N) is 2. The maximum Gasteiger partial charge on any atom is 0.229 e. The highest BCUT2D eigenvalue weighted by Gasteiger charge is 2.28. The Morgan fingerprint density at radius 1 is 0.929 bits per heavy atom. The van der Waals surface area contributed by atoms with Gasteiger partial charge in [0.1, 0.15) is 5.82 Å². The second-order valence-electron chi connectivity index (χ2n) is 7.32. The molecule has 1 unspecified atom stereocenters. The minimum Gasteiger partial charge on any atom is -0.339 e. The molecule has 0 fully saturated rings. The number of hydrogen-bond acceptors (Lipinski definition) is 5. The van der Waals surface area contributed by atoms with Crippen molar-refractivity contribution < 1.29 is 4.79 Å². The number of aryl methyl sites for hydroxylation is 1. The third-order valence-corrected chi connectivity index (χ3v) is 4.99. The second-order valence-corrected chi connectivity index (χ2v) is 7.32. The molecule has 0 spiro atoms. The quantitative estimate of drug-likeness (QED) is 0.637. The Balaban J connectivity index is 1.71. The van der Waals surface area contributed by atoms with Gasteiger partial charge in [0.15, 0.2) is 5.78 Å². The number of rotatable bonds is 5. The van der Waals surface area contributed by atoms with Crippen LogP contribution >= 0.6 is 0 Å². The van der Waals surface area contributed by atoms with Crippen molar-refractivity contribution in [1.29, 1.82) is 0 Å². The van der Waals surface area contributed by atoms with E-state index in [1.54, 1.807) is 0 Å². The fraction of sp³-hybridized carbons (Fsp3) is 0.261. The minimum absolute atomic E-state index is 0.103. The van der Waals surface area contributed by atoms with Gasteiger partial charge in [-0.2, -0.15) is 4.98 Å². The summed E-state index contributed by atoms with van der Waals surface area (Å²) in [6.07, 6.45) is 2.31. The number of benzene rings is 2. The Hall–Kier alpha value is -3.21. The molecular weight excluding hydrogens is 348 g/mol. The van der Waals surface area contributed by atoms with E-state index in [4.69, 9.17) is 0 Å². The number of anilines is 4. The van der Waals surface area contributed by atoms with Crippen LogP contribution in [0.1, 0.15) is 41.9 Å². The summed E-state index contributed by atoms with van der Waals surface area (Å²) < 4.78 is 0. The smallest absolute Gasteiger partial charge is 0.229 e. The van der Waals surface area contributed by atoms with Crippen molar-refractivity contribution in [1.82, 2.24) is 9.97 Å². The minimum atomic E-state index is 0.103. The molecule has 0 aliphatic heterocycles. The summed E-state index contributed by atoms with van der Waals surface area (Å²) in [7, 11) is 0. The van der Waals surface area contributed by atoms with Crippen molar-refractivity contribution in [2.24, 2.45) is 5.92 Å². The molecule has 142 valence electrons. The van der Waals surface area contributed by atoms with Gasteiger partial charge in [0.2, 0.25) is 5.95 Å². The van der Waals surface area contributed by atoms with Crippen molar-refractivity contribution in [3.05, 3.63) is 71.4 Å². The molecule has 0 bridgehead atoms. The zero-order valence-electron chi connectivity index (χ0n) is 16.2. The number of fused-ring (bicyclic) bond motifs is 1. The number of carbonyl (C=O) groups is 1. The van der Waals surface area contributed by atoms with E-state index in [0.717, 1.165) is 29.9 Å². The summed E-state index contributed by atoms with van der Waals surface area (Å²) >= 11 is 0. The molecule has 1 atom stereocenters. The first kappa shape index (κ1) is 18.2. The van der Waals surface area contributed by atoms with Crippen molar-refractivity contribution in [3.8, 4) is 0 Å². The number of nitrogens with one attached hydrogen (secondary N) is 2. The van der Waals surface area contributed by atoms with Gasteiger partial charge in [-0.05, 0) is 48.6 Å². The predicted octanol–water partition coefficient (Wildman–Crippen LogP) is 5.29. The molecule has 1 aliphatic carbocycles. The van der Waals surface area contributed by atoms with Crippen molar-refractivity contribution >= 4 is 28.9 Å². The first-order valence-corrected chi connectivity index (χ1v) is 9.74. The van der Waals surface area contributed by atoms with Crippen molar-refractivity contribution in [3.63, 3.8) is 0 Å². The van der Waals surface area contributed by atoms with Crippen LogP contribution in [0.4, 0.5) is 23.1 Å². The third-order valence-electron chi connectivity index (χ3n) is 4.99. The molecule has 5 heteroatoms. The Bertz CT molecular complexity index is 983. The molecule has 0 amide bonds. The Labute approximate surface area is 165 Å². The predicted molar refractivity (Wildman–Crippen MR) is 113 cm³/mol. The van der Waals surface area contributed by atoms with Gasteiger partial charge in [0.25, 0.3) is 0 Å². The lowest BCUT2D eigenvalue weighted by Gasteiger charge is -2.23. The van der Waals surface area contributed by atoms with E-state index in [-0.39, 0.29) is 11.7 Å². The number of carbonyl (C=O) groups excluding carboxylic acids is 1. The highest BCUT2D eigenvalue weighted by molar-refractivity contribution is 6.03. The van der Waals surface area contributed by atoms with Gasteiger partial charge in [-0.1, -0.05) is 44.2 Å². The standard InChI is InChI=1S/C23H24N4O/c1-3-16-9-11-18(12-10-16)25-23-26-19-13-15(2)14-20(28)21(19)22(27-23)24-17-7-5-4-6-8-17/h4-12,15H,3,13-14H2,1-2H3,(H2,24,25,26,27). The van der Waals surface area contributed by atoms with E-state index < -0.39 is 0 Å². The van der Waals surface area contributed by atoms with Gasteiger partial charge in [-0.25, -0.2) is 4.98 Å². The fourth-order valence-corrected chi connectivity index (χ4v) is 3.53. The summed E-state index contributed by atoms with van der Waals surface area (Å²) in [6.45, 7) is 4.22. The van der Waals surface area contributed by atoms with E-state index in [1.165, 1.54) is 5.56 Å². The molecule has 1 aromatic heterocycles. The third kappa shape index (κ3) is 3.88. The second kappa shape index (κ2) is 7.80. The monoisotopic (exact) mass is 372 g/mol. The first-order chi connectivity index (χ1) is 13.6. The van der Waals surface area contributed by atoms with Crippen LogP contribution in [-0.2, 0) is 12.8 Å². The molecule has 1 heterocycles. The highest BCUT2D eigenvalue weighted by atomic mass is 16.1. The lowest BCUT2D eigenvalue weighted by Crippen LogP contribution is -2.22. The summed E-state index contributed by atoms with van der Waals surface area (Å²) in [5.41, 5.74) is 4.53. The van der Waals surface area contributed by atoms with Crippen LogP contribution in [0.25, 0.3) is 0 Å². The van der Waals surface area contributed by atoms with Crippen LogP contribution in [0.5, 0.6) is 0 Å². The number of aromatic nitrogens is 2. The topological polar surface area (TPSA) is 66.9 Å². The van der Waals surface area contributed by atoms with Crippen LogP contribution in [0.3, 0.4) is 0 Å². The Morgan fingerprint density at radius 2 is 1.64 bits per heavy atom. The summed E-state index contributed by atoms with van der Waals surface area (Å²) in [4.78, 5) is 22.0. The zero-order chi connectivity index (χ0) is 19.5. The van der Waals surface area contributed by atoms with Crippen LogP contribution < -0.4 is 10.6 Å². The molecule has 5 nitrogen and oxygen atoms in total. The van der Waals surface area contributed by atoms with Gasteiger partial charge in [-0.15, -0.1) is 0 Å². The molecule has 2 aromatic carbocycles. The van der Waals surface area contributed by atoms with E-state index in [0.29, 0.717) is 23.8 Å². The number of hydrogen-bond donors (Lipinski definition) is 2. The summed E-state index contributed by atoms with van der Waals surface area (Å²) in [5.74, 6) is 1.46. The molecule has 0 saturated heterocycles. The SMILES string of the molecule is CCc1ccc(Nc2nc3c(c(Nc4ccccc4)n2)C(=O)CC(C)C3)cc1. The summed E-state index contributed by atoms with van der Waals surface area (Å²) in [6, 6.07) is 18.0. The lowest BCUT2D eigenvalue weighted by molar-refractivity contribution is 0.0953. The largest absolute Gasteiger partial charge is 0.339 e. The lowest BCUT2D eigenvalue weighted by atomic mass is 9.87. The molecule has 2 N–H and O–H groups in total. The molecule has 28 heavy (non-hydrogen) atoms. The average molecular weight is 372 g/mol. The van der Waals surface area contributed by atoms with Crippen LogP contribution in [0.2, 0.25) is 0 Å². The number of ketones is 1. The van der Waals surface area contributed by atoms with Crippen LogP contribution in [0, 0.1) is 5.92 Å². The zero-order valence-corrected chi connectivity index (χ0v) is 16.2. The van der Waals surface area contributed by atoms with Crippen LogP contribution in [0.15, 0.2) is 54.6 Å². The molecular formula is C23H24N4O. The molecule has 4 rings (SSSR count). The van der Waals surface area contributed by atoms with E-state index in [9.17, 15) is 4.79 Å². The van der Waals surface area contributed by atoms with Gasteiger partial charge >= 0.3 is 0 Å². The number of para-hydroxylation sites is 1. The van der Waals surface area contributed by atoms with E-state index >= 15 is 0 Å². The maximum atomic E-state index is 12.7. The van der Waals surface area contributed by atoms with E-state index in [1.807, 2.05) is 42.5 Å². The molecule has 0 saturated carbocycles. The Morgan fingerprint density at radius 3 is 2.36 bits per heavy atom. The fourth-order valence-electron chi connectivity index (χ4n) is 3.53. The van der Waals surface area contributed by atoms with Gasteiger partial charge < -0.3 is 10.6 Å². The van der Waals surface area contributed by atoms with Gasteiger partial charge in [0, 0.05) is 17.8 Å². The van der Waals surface area contributed by atoms with Crippen molar-refractivity contribution in [2.45, 2.75) is 33.1 Å². The average Bonchev–Trinajstić information content (AvgIpc) is 2.68. The van der Waals surface area contributed by atoms with Crippen molar-refractivity contribution in [2.75, 3.05) is 10.6 Å². The number of Topliss-reactive ketones (excluding diaryl/α,β-unsaturated/α-hetero) is 1. The van der Waals surface area contributed by atoms with E-state index in [2.05, 4.69) is 46.6 Å².